The fourth-order valence-electron chi connectivity index (χ4n) is 2.91. The molecule has 2 aromatic carbocycles. The summed E-state index contributed by atoms with van der Waals surface area (Å²) < 4.78 is 0. The molecular weight excluding hydrogens is 342 g/mol. The summed E-state index contributed by atoms with van der Waals surface area (Å²) in [6, 6.07) is 19.9. The molecular formula is C20H17N5S. The van der Waals surface area contributed by atoms with Crippen molar-refractivity contribution in [3.05, 3.63) is 71.1 Å². The maximum Gasteiger partial charge on any atom is 0.133 e. The van der Waals surface area contributed by atoms with Gasteiger partial charge in [-0.1, -0.05) is 30.3 Å². The highest BCUT2D eigenvalue weighted by molar-refractivity contribution is 7.17. The molecule has 26 heavy (non-hydrogen) atoms. The number of nitrogens with one attached hydrogen (secondary N) is 3. The number of rotatable bonds is 4. The number of H-pyrrole nitrogens is 1. The summed E-state index contributed by atoms with van der Waals surface area (Å²) in [4.78, 5) is 5.24. The molecule has 7 N–H and O–H groups in total. The summed E-state index contributed by atoms with van der Waals surface area (Å²) in [5.41, 5.74) is 16.0. The summed E-state index contributed by atoms with van der Waals surface area (Å²) in [6.07, 6.45) is 0. The van der Waals surface area contributed by atoms with Gasteiger partial charge in [-0.25, -0.2) is 0 Å². The topological polar surface area (TPSA) is 116 Å². The van der Waals surface area contributed by atoms with E-state index in [0.29, 0.717) is 0 Å². The van der Waals surface area contributed by atoms with Gasteiger partial charge in [-0.05, 0) is 41.5 Å². The van der Waals surface area contributed by atoms with Crippen LogP contribution in [0.2, 0.25) is 0 Å². The molecule has 0 fully saturated rings. The van der Waals surface area contributed by atoms with Crippen molar-refractivity contribution < 1.29 is 0 Å². The summed E-state index contributed by atoms with van der Waals surface area (Å²) in [5, 5.41) is 16.1. The third-order valence-corrected chi connectivity index (χ3v) is 5.44. The standard InChI is InChI=1S/C20H17N5S/c21-19(22)12-3-1-11(2-4-12)13-5-6-15-14(9-13)10-16(25-15)17-7-8-18(26-17)20(23)24/h1-10,25H,(H3,21,22)(H3,23,24). The fraction of sp³-hybridized carbons (Fsp3) is 0. The van der Waals surface area contributed by atoms with Gasteiger partial charge in [-0.15, -0.1) is 11.3 Å². The first-order valence-electron chi connectivity index (χ1n) is 8.03. The fourth-order valence-corrected chi connectivity index (χ4v) is 3.75. The number of thiophene rings is 1. The van der Waals surface area contributed by atoms with Crippen molar-refractivity contribution in [3.8, 4) is 21.7 Å². The number of hydrogen-bond donors (Lipinski definition) is 5. The van der Waals surface area contributed by atoms with Crippen LogP contribution < -0.4 is 11.5 Å². The second-order valence-corrected chi connectivity index (χ2v) is 7.14. The number of hydrogen-bond acceptors (Lipinski definition) is 3. The molecule has 2 aromatic heterocycles. The Hall–Kier alpha value is -3.38. The minimum absolute atomic E-state index is 0.0724. The van der Waals surface area contributed by atoms with Crippen LogP contribution in [0.4, 0.5) is 0 Å². The van der Waals surface area contributed by atoms with Crippen LogP contribution >= 0.6 is 11.3 Å². The summed E-state index contributed by atoms with van der Waals surface area (Å²) in [6.45, 7) is 0. The minimum Gasteiger partial charge on any atom is -0.384 e. The van der Waals surface area contributed by atoms with E-state index in [4.69, 9.17) is 22.3 Å². The number of nitrogens with two attached hydrogens (primary N) is 2. The maximum absolute atomic E-state index is 7.54. The summed E-state index contributed by atoms with van der Waals surface area (Å²) in [5.74, 6) is 0.164. The lowest BCUT2D eigenvalue weighted by molar-refractivity contribution is 1.42. The van der Waals surface area contributed by atoms with Gasteiger partial charge in [0.05, 0.1) is 15.4 Å². The van der Waals surface area contributed by atoms with Gasteiger partial charge >= 0.3 is 0 Å². The van der Waals surface area contributed by atoms with Crippen LogP contribution in [0.15, 0.2) is 60.7 Å². The number of amidine groups is 2. The Morgan fingerprint density at radius 3 is 2.19 bits per heavy atom. The Balaban J connectivity index is 1.71. The molecule has 2 heterocycles. The molecule has 0 bridgehead atoms. The Kier molecular flexibility index (Phi) is 3.82. The van der Waals surface area contributed by atoms with Gasteiger partial charge in [-0.2, -0.15) is 0 Å². The molecule has 0 amide bonds. The zero-order valence-electron chi connectivity index (χ0n) is 13.8. The molecule has 0 saturated carbocycles. The number of nitrogen functional groups attached to an aromatic ring is 2. The summed E-state index contributed by atoms with van der Waals surface area (Å²) >= 11 is 1.50. The SMILES string of the molecule is N=C(N)c1ccc(-c2ccc3[nH]c(-c4ccc(C(=N)N)s4)cc3c2)cc1. The van der Waals surface area contributed by atoms with E-state index in [2.05, 4.69) is 29.2 Å². The van der Waals surface area contributed by atoms with E-state index in [-0.39, 0.29) is 11.7 Å². The van der Waals surface area contributed by atoms with Crippen LogP contribution in [-0.4, -0.2) is 16.7 Å². The zero-order chi connectivity index (χ0) is 18.3. The van der Waals surface area contributed by atoms with Gasteiger partial charge < -0.3 is 16.5 Å². The highest BCUT2D eigenvalue weighted by Crippen LogP contribution is 2.32. The Labute approximate surface area is 154 Å². The summed E-state index contributed by atoms with van der Waals surface area (Å²) in [7, 11) is 0. The van der Waals surface area contributed by atoms with Gasteiger partial charge in [-0.3, -0.25) is 10.8 Å². The molecule has 5 nitrogen and oxygen atoms in total. The first kappa shape index (κ1) is 16.1. The van der Waals surface area contributed by atoms with Crippen LogP contribution in [0.5, 0.6) is 0 Å². The van der Waals surface area contributed by atoms with E-state index in [1.165, 1.54) is 11.3 Å². The predicted molar refractivity (Wildman–Crippen MR) is 109 cm³/mol. The highest BCUT2D eigenvalue weighted by Gasteiger charge is 2.09. The second-order valence-electron chi connectivity index (χ2n) is 6.05. The van der Waals surface area contributed by atoms with Crippen molar-refractivity contribution in [2.75, 3.05) is 0 Å². The Morgan fingerprint density at radius 1 is 0.808 bits per heavy atom. The lowest BCUT2D eigenvalue weighted by atomic mass is 10.0. The average molecular weight is 359 g/mol. The van der Waals surface area contributed by atoms with E-state index in [1.807, 2.05) is 36.4 Å². The molecule has 0 atom stereocenters. The minimum atomic E-state index is 0.0724. The van der Waals surface area contributed by atoms with Crippen LogP contribution in [0.3, 0.4) is 0 Å². The van der Waals surface area contributed by atoms with Gasteiger partial charge in [0.1, 0.15) is 11.7 Å². The average Bonchev–Trinajstić information content (AvgIpc) is 3.28. The largest absolute Gasteiger partial charge is 0.384 e. The smallest absolute Gasteiger partial charge is 0.133 e. The number of aromatic nitrogens is 1. The lowest BCUT2D eigenvalue weighted by Crippen LogP contribution is -2.10. The molecule has 0 aliphatic carbocycles. The molecule has 0 radical (unpaired) electrons. The molecule has 0 spiro atoms. The van der Waals surface area contributed by atoms with Gasteiger partial charge in [0.2, 0.25) is 0 Å². The Bertz CT molecular complexity index is 1130. The normalized spacial score (nSPS) is 10.9. The van der Waals surface area contributed by atoms with E-state index >= 15 is 0 Å². The molecule has 0 unspecified atom stereocenters. The highest BCUT2D eigenvalue weighted by atomic mass is 32.1. The zero-order valence-corrected chi connectivity index (χ0v) is 14.7. The molecule has 4 aromatic rings. The maximum atomic E-state index is 7.54. The van der Waals surface area contributed by atoms with Crippen molar-refractivity contribution in [3.63, 3.8) is 0 Å². The first-order chi connectivity index (χ1) is 12.5. The number of benzene rings is 2. The van der Waals surface area contributed by atoms with Gasteiger partial charge in [0.25, 0.3) is 0 Å². The van der Waals surface area contributed by atoms with Gasteiger partial charge in [0, 0.05) is 16.5 Å². The first-order valence-corrected chi connectivity index (χ1v) is 8.85. The van der Waals surface area contributed by atoms with E-state index < -0.39 is 0 Å². The predicted octanol–water partition coefficient (Wildman–Crippen LogP) is 4.13. The monoisotopic (exact) mass is 359 g/mol. The number of aromatic amines is 1. The van der Waals surface area contributed by atoms with E-state index in [9.17, 15) is 0 Å². The van der Waals surface area contributed by atoms with Crippen LogP contribution in [0.1, 0.15) is 10.4 Å². The van der Waals surface area contributed by atoms with Crippen molar-refractivity contribution in [2.24, 2.45) is 11.5 Å². The second kappa shape index (κ2) is 6.16. The molecule has 6 heteroatoms. The van der Waals surface area contributed by atoms with E-state index in [0.717, 1.165) is 43.0 Å². The van der Waals surface area contributed by atoms with Crippen molar-refractivity contribution in [1.82, 2.24) is 4.98 Å². The van der Waals surface area contributed by atoms with Crippen molar-refractivity contribution in [1.29, 1.82) is 10.8 Å². The molecule has 4 rings (SSSR count). The molecule has 128 valence electrons. The quantitative estimate of drug-likeness (QED) is 0.278. The number of fused-ring (bicyclic) bond motifs is 1. The Morgan fingerprint density at radius 2 is 1.54 bits per heavy atom. The molecule has 0 aliphatic heterocycles. The van der Waals surface area contributed by atoms with Gasteiger partial charge in [0.15, 0.2) is 0 Å². The van der Waals surface area contributed by atoms with Crippen molar-refractivity contribution in [2.45, 2.75) is 0 Å². The third kappa shape index (κ3) is 2.87. The van der Waals surface area contributed by atoms with Crippen molar-refractivity contribution >= 4 is 33.9 Å². The third-order valence-electron chi connectivity index (χ3n) is 4.29. The van der Waals surface area contributed by atoms with Crippen LogP contribution in [-0.2, 0) is 0 Å². The van der Waals surface area contributed by atoms with E-state index in [1.54, 1.807) is 0 Å². The van der Waals surface area contributed by atoms with Crippen LogP contribution in [0.25, 0.3) is 32.6 Å². The molecule has 0 saturated heterocycles. The molecule has 0 aliphatic rings. The van der Waals surface area contributed by atoms with Crippen LogP contribution in [0, 0.1) is 10.8 Å². The lowest BCUT2D eigenvalue weighted by Gasteiger charge is -2.04.